The van der Waals surface area contributed by atoms with Crippen molar-refractivity contribution in [2.24, 2.45) is 0 Å². The van der Waals surface area contributed by atoms with E-state index in [1.54, 1.807) is 0 Å². The van der Waals surface area contributed by atoms with E-state index in [-0.39, 0.29) is 10.8 Å². The molecule has 1 aromatic carbocycles. The van der Waals surface area contributed by atoms with Crippen LogP contribution in [-0.4, -0.2) is 11.4 Å². The van der Waals surface area contributed by atoms with Gasteiger partial charge in [0.05, 0.1) is 0 Å². The van der Waals surface area contributed by atoms with Crippen LogP contribution in [0.1, 0.15) is 64.7 Å². The largest absolute Gasteiger partial charge is 0.507 e. The minimum atomic E-state index is -0.120. The fourth-order valence-electron chi connectivity index (χ4n) is 2.18. The molecule has 2 heteroatoms. The number of hydrogen-bond acceptors (Lipinski definition) is 2. The predicted molar refractivity (Wildman–Crippen MR) is 79.5 cm³/mol. The van der Waals surface area contributed by atoms with Crippen molar-refractivity contribution in [3.8, 4) is 5.75 Å². The van der Waals surface area contributed by atoms with Crippen molar-refractivity contribution in [2.75, 3.05) is 0 Å². The summed E-state index contributed by atoms with van der Waals surface area (Å²) in [5.41, 5.74) is 2.74. The van der Waals surface area contributed by atoms with E-state index in [1.807, 2.05) is 18.4 Å². The first kappa shape index (κ1) is 15.7. The van der Waals surface area contributed by atoms with Crippen molar-refractivity contribution in [2.45, 2.75) is 65.2 Å². The molecule has 0 amide bonds. The first-order valence-corrected chi connectivity index (χ1v) is 6.79. The normalized spacial score (nSPS) is 12.5. The molecule has 1 radical (unpaired) electrons. The maximum absolute atomic E-state index is 10.5. The highest BCUT2D eigenvalue weighted by molar-refractivity contribution is 5.53. The monoisotopic (exact) mass is 261 g/mol. The van der Waals surface area contributed by atoms with Gasteiger partial charge in [-0.2, -0.15) is 0 Å². The van der Waals surface area contributed by atoms with E-state index in [0.29, 0.717) is 18.6 Å². The van der Waals surface area contributed by atoms with Gasteiger partial charge in [-0.1, -0.05) is 53.7 Å². The fourth-order valence-corrected chi connectivity index (χ4v) is 2.18. The minimum Gasteiger partial charge on any atom is -0.507 e. The Morgan fingerprint density at radius 1 is 1.00 bits per heavy atom. The maximum atomic E-state index is 10.5. The molecule has 105 valence electrons. The average Bonchev–Trinajstić information content (AvgIpc) is 2.24. The van der Waals surface area contributed by atoms with Gasteiger partial charge in [0.1, 0.15) is 5.75 Å². The Labute approximate surface area is 116 Å². The van der Waals surface area contributed by atoms with Crippen LogP contribution in [0, 0.1) is 0 Å². The van der Waals surface area contributed by atoms with Crippen LogP contribution in [0.4, 0.5) is 0 Å². The number of phenols is 1. The molecular weight excluding hydrogens is 236 g/mol. The van der Waals surface area contributed by atoms with Gasteiger partial charge in [-0.15, -0.1) is 0 Å². The van der Waals surface area contributed by atoms with Crippen LogP contribution in [0.2, 0.25) is 0 Å². The number of phenolic OH excluding ortho intramolecular Hbond substituents is 1. The van der Waals surface area contributed by atoms with Crippen LogP contribution in [0.25, 0.3) is 0 Å². The highest BCUT2D eigenvalue weighted by Gasteiger charge is 2.26. The van der Waals surface area contributed by atoms with Gasteiger partial charge in [0.15, 0.2) is 6.29 Å². The molecule has 0 bridgehead atoms. The second kappa shape index (κ2) is 5.36. The zero-order valence-corrected chi connectivity index (χ0v) is 12.9. The Morgan fingerprint density at radius 2 is 1.42 bits per heavy atom. The molecule has 0 fully saturated rings. The summed E-state index contributed by atoms with van der Waals surface area (Å²) in [6.45, 7) is 12.5. The maximum Gasteiger partial charge on any atom is 0.198 e. The first-order valence-electron chi connectivity index (χ1n) is 6.79. The SMILES string of the molecule is CC(C)(C)c1cc(CC[C]=O)cc(C(C)(C)C)c1O. The van der Waals surface area contributed by atoms with Gasteiger partial charge in [-0.25, -0.2) is 0 Å². The second-order valence-corrected chi connectivity index (χ2v) is 7.18. The highest BCUT2D eigenvalue weighted by Crippen LogP contribution is 2.39. The van der Waals surface area contributed by atoms with E-state index in [0.717, 1.165) is 16.7 Å². The standard InChI is InChI=1S/C17H25O2/c1-16(2,3)13-10-12(8-7-9-18)11-14(15(13)19)17(4,5)6/h10-11,19H,7-8H2,1-6H3. The summed E-state index contributed by atoms with van der Waals surface area (Å²) in [6, 6.07) is 4.03. The molecule has 0 aliphatic carbocycles. The molecular formula is C17H25O2. The lowest BCUT2D eigenvalue weighted by Gasteiger charge is -2.28. The van der Waals surface area contributed by atoms with E-state index in [4.69, 9.17) is 0 Å². The van der Waals surface area contributed by atoms with Gasteiger partial charge < -0.3 is 5.11 Å². The van der Waals surface area contributed by atoms with Crippen molar-refractivity contribution < 1.29 is 9.90 Å². The molecule has 0 aliphatic rings. The number of rotatable bonds is 3. The lowest BCUT2D eigenvalue weighted by molar-refractivity contribution is 0.422. The van der Waals surface area contributed by atoms with Crippen LogP contribution >= 0.6 is 0 Å². The molecule has 2 nitrogen and oxygen atoms in total. The number of aryl methyl sites for hydroxylation is 1. The molecule has 1 aromatic rings. The molecule has 0 spiro atoms. The van der Waals surface area contributed by atoms with Gasteiger partial charge in [0.2, 0.25) is 0 Å². The van der Waals surface area contributed by atoms with Gasteiger partial charge in [-0.3, -0.25) is 4.79 Å². The predicted octanol–water partition coefficient (Wildman–Crippen LogP) is 4.03. The molecule has 0 saturated heterocycles. The second-order valence-electron chi connectivity index (χ2n) is 7.18. The third-order valence-electron chi connectivity index (χ3n) is 3.30. The molecule has 0 aliphatic heterocycles. The topological polar surface area (TPSA) is 37.3 Å². The molecule has 0 atom stereocenters. The van der Waals surface area contributed by atoms with Gasteiger partial charge in [0, 0.05) is 6.42 Å². The molecule has 1 N–H and O–H groups in total. The van der Waals surface area contributed by atoms with Crippen molar-refractivity contribution in [3.63, 3.8) is 0 Å². The van der Waals surface area contributed by atoms with Crippen LogP contribution in [0.15, 0.2) is 12.1 Å². The van der Waals surface area contributed by atoms with Gasteiger partial charge in [-0.05, 0) is 33.9 Å². The summed E-state index contributed by atoms with van der Waals surface area (Å²) in [5.74, 6) is 0.388. The number of carbonyl (C=O) groups excluding carboxylic acids is 1. The smallest absolute Gasteiger partial charge is 0.198 e. The zero-order valence-electron chi connectivity index (χ0n) is 12.9. The third kappa shape index (κ3) is 3.82. The zero-order chi connectivity index (χ0) is 14.8. The summed E-state index contributed by atoms with van der Waals surface area (Å²) in [5, 5.41) is 10.5. The van der Waals surface area contributed by atoms with Crippen molar-refractivity contribution >= 4 is 6.29 Å². The van der Waals surface area contributed by atoms with E-state index in [1.165, 1.54) is 0 Å². The van der Waals surface area contributed by atoms with Gasteiger partial charge >= 0.3 is 0 Å². The number of aromatic hydroxyl groups is 1. The van der Waals surface area contributed by atoms with Crippen molar-refractivity contribution in [1.29, 1.82) is 0 Å². The van der Waals surface area contributed by atoms with Crippen LogP contribution in [0.5, 0.6) is 5.75 Å². The quantitative estimate of drug-likeness (QED) is 0.892. The van der Waals surface area contributed by atoms with Crippen LogP contribution in [0.3, 0.4) is 0 Å². The van der Waals surface area contributed by atoms with E-state index >= 15 is 0 Å². The Kier molecular flexibility index (Phi) is 4.44. The molecule has 0 aromatic heterocycles. The Bertz CT molecular complexity index is 424. The lowest BCUT2D eigenvalue weighted by atomic mass is 9.78. The summed E-state index contributed by atoms with van der Waals surface area (Å²) in [7, 11) is 0. The van der Waals surface area contributed by atoms with E-state index < -0.39 is 0 Å². The van der Waals surface area contributed by atoms with Gasteiger partial charge in [0.25, 0.3) is 0 Å². The first-order chi connectivity index (χ1) is 8.57. The van der Waals surface area contributed by atoms with Crippen molar-refractivity contribution in [1.82, 2.24) is 0 Å². The summed E-state index contributed by atoms with van der Waals surface area (Å²) in [6.07, 6.45) is 3.01. The summed E-state index contributed by atoms with van der Waals surface area (Å²) < 4.78 is 0. The molecule has 19 heavy (non-hydrogen) atoms. The number of benzene rings is 1. The fraction of sp³-hybridized carbons (Fsp3) is 0.588. The Hall–Kier alpha value is -1.31. The average molecular weight is 261 g/mol. The number of hydrogen-bond donors (Lipinski definition) is 1. The summed E-state index contributed by atoms with van der Waals surface area (Å²) in [4.78, 5) is 10.4. The Morgan fingerprint density at radius 3 is 1.74 bits per heavy atom. The van der Waals surface area contributed by atoms with Crippen molar-refractivity contribution in [3.05, 3.63) is 28.8 Å². The van der Waals surface area contributed by atoms with E-state index in [9.17, 15) is 9.90 Å². The molecule has 1 rings (SSSR count). The van der Waals surface area contributed by atoms with E-state index in [2.05, 4.69) is 41.5 Å². The van der Waals surface area contributed by atoms with Crippen LogP contribution in [-0.2, 0) is 22.0 Å². The molecule has 0 unspecified atom stereocenters. The molecule has 0 heterocycles. The Balaban J connectivity index is 3.43. The minimum absolute atomic E-state index is 0.120. The highest BCUT2D eigenvalue weighted by atomic mass is 16.3. The third-order valence-corrected chi connectivity index (χ3v) is 3.30. The summed E-state index contributed by atoms with van der Waals surface area (Å²) >= 11 is 0. The molecule has 0 saturated carbocycles. The van der Waals surface area contributed by atoms with Crippen LogP contribution < -0.4 is 0 Å². The lowest BCUT2D eigenvalue weighted by Crippen LogP contribution is -2.18.